The highest BCUT2D eigenvalue weighted by Crippen LogP contribution is 2.26. The highest BCUT2D eigenvalue weighted by molar-refractivity contribution is 5.90. The first-order valence-electron chi connectivity index (χ1n) is 5.14. The molecule has 0 bridgehead atoms. The Morgan fingerprint density at radius 3 is 2.78 bits per heavy atom. The summed E-state index contributed by atoms with van der Waals surface area (Å²) in [5.41, 5.74) is 0.339. The third-order valence-corrected chi connectivity index (χ3v) is 2.63. The van der Waals surface area contributed by atoms with Crippen molar-refractivity contribution in [3.63, 3.8) is 0 Å². The molecule has 2 aromatic rings. The van der Waals surface area contributed by atoms with Gasteiger partial charge in [0.25, 0.3) is 5.69 Å². The van der Waals surface area contributed by atoms with Crippen molar-refractivity contribution in [2.24, 2.45) is 0 Å². The van der Waals surface area contributed by atoms with Crippen LogP contribution >= 0.6 is 0 Å². The molecule has 1 heterocycles. The fourth-order valence-corrected chi connectivity index (χ4v) is 1.79. The molecule has 0 spiro atoms. The Morgan fingerprint density at radius 1 is 1.44 bits per heavy atom. The van der Waals surface area contributed by atoms with E-state index in [2.05, 4.69) is 6.58 Å². The number of hydrogen-bond donors (Lipinski definition) is 1. The molecule has 0 radical (unpaired) electrons. The van der Waals surface area contributed by atoms with Gasteiger partial charge in [-0.2, -0.15) is 0 Å². The molecule has 0 atom stereocenters. The van der Waals surface area contributed by atoms with E-state index in [9.17, 15) is 14.9 Å². The number of nitrogens with zero attached hydrogens (tertiary/aromatic N) is 2. The molecule has 0 aliphatic heterocycles. The van der Waals surface area contributed by atoms with Crippen molar-refractivity contribution < 1.29 is 14.8 Å². The van der Waals surface area contributed by atoms with Crippen LogP contribution < -0.4 is 0 Å². The minimum absolute atomic E-state index is 0.0175. The average molecular weight is 246 g/mol. The summed E-state index contributed by atoms with van der Waals surface area (Å²) in [6.07, 6.45) is 1.62. The number of fused-ring (bicyclic) bond motifs is 1. The van der Waals surface area contributed by atoms with Gasteiger partial charge in [-0.1, -0.05) is 18.7 Å². The van der Waals surface area contributed by atoms with Gasteiger partial charge < -0.3 is 9.67 Å². The molecule has 1 N–H and O–H groups in total. The molecule has 0 aliphatic rings. The lowest BCUT2D eigenvalue weighted by Gasteiger charge is -2.05. The maximum Gasteiger partial charge on any atom is 0.332 e. The average Bonchev–Trinajstić information content (AvgIpc) is 2.72. The van der Waals surface area contributed by atoms with Crippen molar-refractivity contribution in [1.29, 1.82) is 0 Å². The quantitative estimate of drug-likeness (QED) is 0.509. The molecule has 6 nitrogen and oxygen atoms in total. The van der Waals surface area contributed by atoms with E-state index in [4.69, 9.17) is 5.11 Å². The van der Waals surface area contributed by atoms with E-state index in [1.165, 1.54) is 10.6 Å². The van der Waals surface area contributed by atoms with E-state index in [1.54, 1.807) is 24.4 Å². The van der Waals surface area contributed by atoms with Crippen LogP contribution in [0.3, 0.4) is 0 Å². The summed E-state index contributed by atoms with van der Waals surface area (Å²) in [4.78, 5) is 21.2. The van der Waals surface area contributed by atoms with Gasteiger partial charge in [-0.05, 0) is 6.07 Å². The number of carboxylic acids is 1. The Kier molecular flexibility index (Phi) is 2.85. The highest BCUT2D eigenvalue weighted by atomic mass is 16.6. The largest absolute Gasteiger partial charge is 0.478 e. The zero-order chi connectivity index (χ0) is 13.3. The third-order valence-electron chi connectivity index (χ3n) is 2.63. The van der Waals surface area contributed by atoms with E-state index in [0.717, 1.165) is 0 Å². The van der Waals surface area contributed by atoms with Gasteiger partial charge in [0.15, 0.2) is 0 Å². The molecule has 0 saturated carbocycles. The van der Waals surface area contributed by atoms with Crippen LogP contribution in [0, 0.1) is 10.1 Å². The van der Waals surface area contributed by atoms with E-state index in [-0.39, 0.29) is 17.8 Å². The fourth-order valence-electron chi connectivity index (χ4n) is 1.79. The van der Waals surface area contributed by atoms with Crippen molar-refractivity contribution in [3.8, 4) is 0 Å². The van der Waals surface area contributed by atoms with Gasteiger partial charge in [-0.25, -0.2) is 4.79 Å². The zero-order valence-corrected chi connectivity index (χ0v) is 9.37. The molecule has 2 rings (SSSR count). The Morgan fingerprint density at radius 2 is 2.17 bits per heavy atom. The fraction of sp³-hybridized carbons (Fsp3) is 0.0833. The summed E-state index contributed by atoms with van der Waals surface area (Å²) in [5, 5.41) is 20.4. The molecule has 0 amide bonds. The highest BCUT2D eigenvalue weighted by Gasteiger charge is 2.16. The van der Waals surface area contributed by atoms with Crippen LogP contribution in [0.1, 0.15) is 0 Å². The molecule has 18 heavy (non-hydrogen) atoms. The minimum Gasteiger partial charge on any atom is -0.478 e. The Bertz CT molecular complexity index is 657. The first-order chi connectivity index (χ1) is 8.50. The predicted octanol–water partition coefficient (Wildman–Crippen LogP) is 2.19. The standard InChI is InChI=1S/C12H10N2O4/c1-8(12(15)16)7-13-6-5-9-3-2-4-10(11(9)13)14(17)18/h2-6H,1,7H2,(H,15,16). The Labute approximate surface area is 102 Å². The number of carboxylic acid groups (broad SMARTS) is 1. The van der Waals surface area contributed by atoms with E-state index in [0.29, 0.717) is 10.9 Å². The molecule has 1 aromatic heterocycles. The normalized spacial score (nSPS) is 10.4. The molecule has 1 aromatic carbocycles. The van der Waals surface area contributed by atoms with Crippen LogP contribution in [-0.4, -0.2) is 20.6 Å². The van der Waals surface area contributed by atoms with Gasteiger partial charge in [-0.15, -0.1) is 0 Å². The molecule has 0 unspecified atom stereocenters. The van der Waals surface area contributed by atoms with Gasteiger partial charge in [0, 0.05) is 23.2 Å². The molecule has 0 fully saturated rings. The van der Waals surface area contributed by atoms with Crippen LogP contribution in [0.4, 0.5) is 5.69 Å². The van der Waals surface area contributed by atoms with Crippen LogP contribution in [0.15, 0.2) is 42.6 Å². The van der Waals surface area contributed by atoms with Crippen LogP contribution in [0.25, 0.3) is 10.9 Å². The first kappa shape index (κ1) is 11.8. The summed E-state index contributed by atoms with van der Waals surface area (Å²) in [6.45, 7) is 3.44. The van der Waals surface area contributed by atoms with Gasteiger partial charge >= 0.3 is 5.97 Å². The monoisotopic (exact) mass is 246 g/mol. The van der Waals surface area contributed by atoms with Crippen LogP contribution in [0.2, 0.25) is 0 Å². The van der Waals surface area contributed by atoms with Gasteiger partial charge in [-0.3, -0.25) is 10.1 Å². The minimum atomic E-state index is -1.12. The predicted molar refractivity (Wildman–Crippen MR) is 65.4 cm³/mol. The number of nitro benzene ring substituents is 1. The molecular formula is C12H10N2O4. The van der Waals surface area contributed by atoms with Crippen molar-refractivity contribution in [2.75, 3.05) is 0 Å². The van der Waals surface area contributed by atoms with E-state index >= 15 is 0 Å². The number of benzene rings is 1. The number of carbonyl (C=O) groups is 1. The number of hydrogen-bond acceptors (Lipinski definition) is 3. The lowest BCUT2D eigenvalue weighted by Crippen LogP contribution is -2.08. The summed E-state index contributed by atoms with van der Waals surface area (Å²) < 4.78 is 1.52. The van der Waals surface area contributed by atoms with E-state index < -0.39 is 10.9 Å². The number of aliphatic carboxylic acids is 1. The second-order valence-corrected chi connectivity index (χ2v) is 3.82. The van der Waals surface area contributed by atoms with Crippen molar-refractivity contribution in [3.05, 3.63) is 52.7 Å². The number of nitro groups is 1. The van der Waals surface area contributed by atoms with Gasteiger partial charge in [0.05, 0.1) is 11.5 Å². The van der Waals surface area contributed by atoms with Gasteiger partial charge in [0.1, 0.15) is 5.52 Å². The molecule has 6 heteroatoms. The number of para-hydroxylation sites is 1. The SMILES string of the molecule is C=C(Cn1ccc2cccc([N+](=O)[O-])c21)C(=O)O. The lowest BCUT2D eigenvalue weighted by atomic mass is 10.2. The third kappa shape index (κ3) is 1.95. The number of aromatic nitrogens is 1. The molecule has 92 valence electrons. The van der Waals surface area contributed by atoms with Crippen LogP contribution in [-0.2, 0) is 11.3 Å². The Hall–Kier alpha value is -2.63. The number of rotatable bonds is 4. The lowest BCUT2D eigenvalue weighted by molar-refractivity contribution is -0.383. The van der Waals surface area contributed by atoms with Crippen molar-refractivity contribution in [2.45, 2.75) is 6.54 Å². The molecule has 0 aliphatic carbocycles. The zero-order valence-electron chi connectivity index (χ0n) is 9.37. The molecule has 0 saturated heterocycles. The van der Waals surface area contributed by atoms with Crippen molar-refractivity contribution in [1.82, 2.24) is 4.57 Å². The first-order valence-corrected chi connectivity index (χ1v) is 5.14. The van der Waals surface area contributed by atoms with Crippen LogP contribution in [0.5, 0.6) is 0 Å². The smallest absolute Gasteiger partial charge is 0.332 e. The van der Waals surface area contributed by atoms with Gasteiger partial charge in [0.2, 0.25) is 0 Å². The van der Waals surface area contributed by atoms with E-state index in [1.807, 2.05) is 0 Å². The summed E-state index contributed by atoms with van der Waals surface area (Å²) in [5.74, 6) is -1.12. The second kappa shape index (κ2) is 4.33. The number of non-ortho nitro benzene ring substituents is 1. The van der Waals surface area contributed by atoms with Crippen molar-refractivity contribution >= 4 is 22.6 Å². The maximum atomic E-state index is 10.9. The maximum absolute atomic E-state index is 10.9. The topological polar surface area (TPSA) is 85.4 Å². The molecular weight excluding hydrogens is 236 g/mol. The second-order valence-electron chi connectivity index (χ2n) is 3.82. The summed E-state index contributed by atoms with van der Waals surface area (Å²) in [7, 11) is 0. The summed E-state index contributed by atoms with van der Waals surface area (Å²) in [6, 6.07) is 6.43. The summed E-state index contributed by atoms with van der Waals surface area (Å²) >= 11 is 0. The Balaban J connectivity index is 2.55.